The number of carbonyl (C=O) groups is 1. The molecule has 1 atom stereocenters. The molecule has 18 heavy (non-hydrogen) atoms. The van der Waals surface area contributed by atoms with E-state index in [4.69, 9.17) is 11.6 Å². The van der Waals surface area contributed by atoms with Crippen molar-refractivity contribution in [3.05, 3.63) is 64.9 Å². The first kappa shape index (κ1) is 12.8. The predicted octanol–water partition coefficient (Wildman–Crippen LogP) is 3.65. The van der Waals surface area contributed by atoms with E-state index in [1.165, 1.54) is 0 Å². The largest absolute Gasteiger partial charge is 0.299 e. The van der Waals surface area contributed by atoms with Gasteiger partial charge in [0.1, 0.15) is 5.78 Å². The average Bonchev–Trinajstić information content (AvgIpc) is 2.37. The summed E-state index contributed by atoms with van der Waals surface area (Å²) in [5.41, 5.74) is 2.01. The van der Waals surface area contributed by atoms with Gasteiger partial charge in [-0.2, -0.15) is 0 Å². The summed E-state index contributed by atoms with van der Waals surface area (Å²) in [4.78, 5) is 15.8. The van der Waals surface area contributed by atoms with Gasteiger partial charge in [0.2, 0.25) is 0 Å². The van der Waals surface area contributed by atoms with E-state index in [2.05, 4.69) is 4.98 Å². The van der Waals surface area contributed by atoms with Crippen molar-refractivity contribution in [3.63, 3.8) is 0 Å². The van der Waals surface area contributed by atoms with Gasteiger partial charge in [-0.3, -0.25) is 9.78 Å². The molecule has 0 fully saturated rings. The van der Waals surface area contributed by atoms with Gasteiger partial charge in [0.05, 0.1) is 5.02 Å². The van der Waals surface area contributed by atoms with Crippen LogP contribution in [0.15, 0.2) is 48.8 Å². The Bertz CT molecular complexity index is 539. The van der Waals surface area contributed by atoms with Gasteiger partial charge in [-0.1, -0.05) is 41.9 Å². The SMILES string of the molecule is CC(=O)C(Cc1ccccc1)c1cncc(Cl)c1. The average molecular weight is 260 g/mol. The molecule has 0 saturated heterocycles. The highest BCUT2D eigenvalue weighted by atomic mass is 35.5. The maximum atomic E-state index is 11.8. The zero-order valence-corrected chi connectivity index (χ0v) is 10.9. The molecule has 0 aliphatic rings. The molecular weight excluding hydrogens is 246 g/mol. The predicted molar refractivity (Wildman–Crippen MR) is 72.8 cm³/mol. The summed E-state index contributed by atoms with van der Waals surface area (Å²) in [5.74, 6) is -0.0541. The fraction of sp³-hybridized carbons (Fsp3) is 0.200. The monoisotopic (exact) mass is 259 g/mol. The zero-order valence-electron chi connectivity index (χ0n) is 10.1. The second-order valence-corrected chi connectivity index (χ2v) is 4.73. The number of aromatic nitrogens is 1. The number of carbonyl (C=O) groups excluding carboxylic acids is 1. The normalized spacial score (nSPS) is 12.1. The number of Topliss-reactive ketones (excluding diaryl/α,β-unsaturated/α-hetero) is 1. The number of ketones is 1. The lowest BCUT2D eigenvalue weighted by atomic mass is 9.90. The molecule has 0 radical (unpaired) electrons. The molecule has 0 bridgehead atoms. The van der Waals surface area contributed by atoms with E-state index in [0.29, 0.717) is 11.4 Å². The van der Waals surface area contributed by atoms with E-state index in [9.17, 15) is 4.79 Å². The fourth-order valence-corrected chi connectivity index (χ4v) is 2.15. The summed E-state index contributed by atoms with van der Waals surface area (Å²) in [5, 5.41) is 0.562. The van der Waals surface area contributed by atoms with Crippen LogP contribution in [0, 0.1) is 0 Å². The van der Waals surface area contributed by atoms with E-state index in [-0.39, 0.29) is 11.7 Å². The van der Waals surface area contributed by atoms with Crippen molar-refractivity contribution < 1.29 is 4.79 Å². The Balaban J connectivity index is 2.27. The van der Waals surface area contributed by atoms with Crippen LogP contribution in [0.1, 0.15) is 24.0 Å². The van der Waals surface area contributed by atoms with Crippen molar-refractivity contribution in [2.45, 2.75) is 19.3 Å². The number of halogens is 1. The van der Waals surface area contributed by atoms with Crippen LogP contribution >= 0.6 is 11.6 Å². The number of hydrogen-bond donors (Lipinski definition) is 0. The minimum absolute atomic E-state index is 0.128. The second kappa shape index (κ2) is 5.78. The molecule has 1 aromatic carbocycles. The Hall–Kier alpha value is -1.67. The van der Waals surface area contributed by atoms with E-state index in [1.807, 2.05) is 36.4 Å². The Morgan fingerprint density at radius 1 is 1.28 bits per heavy atom. The molecule has 1 aromatic heterocycles. The van der Waals surface area contributed by atoms with Crippen LogP contribution in [-0.2, 0) is 11.2 Å². The smallest absolute Gasteiger partial charge is 0.137 e. The zero-order chi connectivity index (χ0) is 13.0. The molecule has 1 heterocycles. The third-order valence-corrected chi connectivity index (χ3v) is 3.11. The maximum absolute atomic E-state index is 11.8. The van der Waals surface area contributed by atoms with Crippen molar-refractivity contribution in [2.75, 3.05) is 0 Å². The van der Waals surface area contributed by atoms with E-state index < -0.39 is 0 Å². The van der Waals surface area contributed by atoms with Gasteiger partial charge in [-0.05, 0) is 30.5 Å². The van der Waals surface area contributed by atoms with Crippen molar-refractivity contribution in [1.82, 2.24) is 4.98 Å². The van der Waals surface area contributed by atoms with Crippen molar-refractivity contribution in [1.29, 1.82) is 0 Å². The Kier molecular flexibility index (Phi) is 4.11. The number of pyridine rings is 1. The molecule has 0 aliphatic heterocycles. The number of benzene rings is 1. The third-order valence-electron chi connectivity index (χ3n) is 2.90. The van der Waals surface area contributed by atoms with Crippen molar-refractivity contribution >= 4 is 17.4 Å². The minimum Gasteiger partial charge on any atom is -0.299 e. The van der Waals surface area contributed by atoms with Crippen LogP contribution in [0.4, 0.5) is 0 Å². The molecule has 2 rings (SSSR count). The molecule has 2 aromatic rings. The van der Waals surface area contributed by atoms with Crippen LogP contribution in [0.2, 0.25) is 5.02 Å². The van der Waals surface area contributed by atoms with Crippen molar-refractivity contribution in [3.8, 4) is 0 Å². The molecule has 3 heteroatoms. The highest BCUT2D eigenvalue weighted by molar-refractivity contribution is 6.30. The molecule has 0 N–H and O–H groups in total. The van der Waals surface area contributed by atoms with Crippen LogP contribution in [0.3, 0.4) is 0 Å². The number of hydrogen-bond acceptors (Lipinski definition) is 2. The molecule has 0 aliphatic carbocycles. The van der Waals surface area contributed by atoms with E-state index >= 15 is 0 Å². The number of nitrogens with zero attached hydrogens (tertiary/aromatic N) is 1. The summed E-state index contributed by atoms with van der Waals surface area (Å²) < 4.78 is 0. The quantitative estimate of drug-likeness (QED) is 0.839. The minimum atomic E-state index is -0.182. The summed E-state index contributed by atoms with van der Waals surface area (Å²) in [6.45, 7) is 1.61. The van der Waals surface area contributed by atoms with Crippen LogP contribution < -0.4 is 0 Å². The lowest BCUT2D eigenvalue weighted by Gasteiger charge is -2.14. The van der Waals surface area contributed by atoms with E-state index in [0.717, 1.165) is 11.1 Å². The second-order valence-electron chi connectivity index (χ2n) is 4.29. The Morgan fingerprint density at radius 2 is 2.00 bits per heavy atom. The standard InChI is InChI=1S/C15H14ClNO/c1-11(18)15(7-12-5-3-2-4-6-12)13-8-14(16)10-17-9-13/h2-6,8-10,15H,7H2,1H3. The van der Waals surface area contributed by atoms with Gasteiger partial charge in [0, 0.05) is 18.3 Å². The highest BCUT2D eigenvalue weighted by Crippen LogP contribution is 2.23. The van der Waals surface area contributed by atoms with Gasteiger partial charge >= 0.3 is 0 Å². The van der Waals surface area contributed by atoms with Crippen LogP contribution in [0.25, 0.3) is 0 Å². The first-order valence-electron chi connectivity index (χ1n) is 5.81. The van der Waals surface area contributed by atoms with Gasteiger partial charge in [-0.15, -0.1) is 0 Å². The lowest BCUT2D eigenvalue weighted by Crippen LogP contribution is -2.12. The molecule has 0 saturated carbocycles. The van der Waals surface area contributed by atoms with Gasteiger partial charge in [0.25, 0.3) is 0 Å². The molecule has 92 valence electrons. The first-order chi connectivity index (χ1) is 8.66. The van der Waals surface area contributed by atoms with E-state index in [1.54, 1.807) is 19.3 Å². The molecule has 1 unspecified atom stereocenters. The lowest BCUT2D eigenvalue weighted by molar-refractivity contribution is -0.118. The maximum Gasteiger partial charge on any atom is 0.137 e. The Morgan fingerprint density at radius 3 is 2.61 bits per heavy atom. The summed E-state index contributed by atoms with van der Waals surface area (Å²) >= 11 is 5.92. The molecular formula is C15H14ClNO. The third kappa shape index (κ3) is 3.17. The first-order valence-corrected chi connectivity index (χ1v) is 6.19. The van der Waals surface area contributed by atoms with Gasteiger partial charge in [-0.25, -0.2) is 0 Å². The van der Waals surface area contributed by atoms with Gasteiger partial charge < -0.3 is 0 Å². The molecule has 0 amide bonds. The molecule has 2 nitrogen and oxygen atoms in total. The highest BCUT2D eigenvalue weighted by Gasteiger charge is 2.17. The summed E-state index contributed by atoms with van der Waals surface area (Å²) in [6.07, 6.45) is 3.96. The number of rotatable bonds is 4. The van der Waals surface area contributed by atoms with Crippen LogP contribution in [-0.4, -0.2) is 10.8 Å². The summed E-state index contributed by atoms with van der Waals surface area (Å²) in [7, 11) is 0. The van der Waals surface area contributed by atoms with Crippen LogP contribution in [0.5, 0.6) is 0 Å². The Labute approximate surface area is 112 Å². The fourth-order valence-electron chi connectivity index (χ4n) is 1.96. The molecule has 0 spiro atoms. The van der Waals surface area contributed by atoms with Gasteiger partial charge in [0.15, 0.2) is 0 Å². The summed E-state index contributed by atoms with van der Waals surface area (Å²) in [6, 6.07) is 11.8. The van der Waals surface area contributed by atoms with Crippen molar-refractivity contribution in [2.24, 2.45) is 0 Å². The topological polar surface area (TPSA) is 30.0 Å².